The van der Waals surface area contributed by atoms with Crippen molar-refractivity contribution in [2.75, 3.05) is 19.5 Å². The number of amides is 1. The van der Waals surface area contributed by atoms with E-state index >= 15 is 0 Å². The van der Waals surface area contributed by atoms with Crippen LogP contribution in [0.2, 0.25) is 0 Å². The van der Waals surface area contributed by atoms with Crippen LogP contribution in [0.5, 0.6) is 11.5 Å². The van der Waals surface area contributed by atoms with E-state index in [0.717, 1.165) is 29.1 Å². The third kappa shape index (κ3) is 3.98. The molecule has 0 aliphatic heterocycles. The Morgan fingerprint density at radius 3 is 2.59 bits per heavy atom. The maximum atomic E-state index is 13.4. The highest BCUT2D eigenvalue weighted by molar-refractivity contribution is 7.22. The second kappa shape index (κ2) is 8.24. The van der Waals surface area contributed by atoms with Crippen LogP contribution in [-0.4, -0.2) is 37.2 Å². The molecule has 2 aromatic carbocycles. The molecular formula is C21H22FN3O3S. The number of anilines is 1. The summed E-state index contributed by atoms with van der Waals surface area (Å²) < 4.78 is 25.0. The molecule has 0 bridgehead atoms. The van der Waals surface area contributed by atoms with Crippen molar-refractivity contribution >= 4 is 32.6 Å². The van der Waals surface area contributed by atoms with Crippen LogP contribution in [0.1, 0.15) is 29.6 Å². The maximum absolute atomic E-state index is 13.4. The minimum atomic E-state index is -0.300. The van der Waals surface area contributed by atoms with Crippen molar-refractivity contribution in [1.82, 2.24) is 10.3 Å². The average molecular weight is 415 g/mol. The van der Waals surface area contributed by atoms with E-state index in [-0.39, 0.29) is 23.8 Å². The molecule has 2 atom stereocenters. The number of methoxy groups -OCH3 is 2. The summed E-state index contributed by atoms with van der Waals surface area (Å²) in [6.45, 7) is 0. The van der Waals surface area contributed by atoms with Crippen molar-refractivity contribution in [3.63, 3.8) is 0 Å². The lowest BCUT2D eigenvalue weighted by Gasteiger charge is -2.23. The molecule has 0 radical (unpaired) electrons. The quantitative estimate of drug-likeness (QED) is 0.631. The van der Waals surface area contributed by atoms with E-state index in [2.05, 4.69) is 15.6 Å². The van der Waals surface area contributed by atoms with Gasteiger partial charge in [-0.1, -0.05) is 17.4 Å². The van der Waals surface area contributed by atoms with Crippen molar-refractivity contribution in [2.24, 2.45) is 0 Å². The number of carbonyl (C=O) groups is 1. The van der Waals surface area contributed by atoms with Crippen LogP contribution in [0, 0.1) is 5.82 Å². The summed E-state index contributed by atoms with van der Waals surface area (Å²) in [7, 11) is 3.06. The number of benzene rings is 2. The lowest BCUT2D eigenvalue weighted by molar-refractivity contribution is 0.0929. The van der Waals surface area contributed by atoms with Crippen LogP contribution < -0.4 is 20.1 Å². The molecule has 1 aliphatic carbocycles. The van der Waals surface area contributed by atoms with Crippen molar-refractivity contribution in [3.05, 3.63) is 47.8 Å². The smallest absolute Gasteiger partial charge is 0.259 e. The molecule has 2 N–H and O–H groups in total. The third-order valence-corrected chi connectivity index (χ3v) is 6.11. The Kier molecular flexibility index (Phi) is 5.53. The minimum Gasteiger partial charge on any atom is -0.496 e. The molecule has 1 fully saturated rings. The molecule has 1 aromatic heterocycles. The fourth-order valence-electron chi connectivity index (χ4n) is 3.74. The number of rotatable bonds is 6. The fourth-order valence-corrected chi connectivity index (χ4v) is 4.65. The second-order valence-electron chi connectivity index (χ2n) is 6.93. The number of nitrogens with zero attached hydrogens (tertiary/aromatic N) is 1. The Hall–Kier alpha value is -2.87. The van der Waals surface area contributed by atoms with Gasteiger partial charge in [0.15, 0.2) is 5.13 Å². The predicted octanol–water partition coefficient (Wildman–Crippen LogP) is 4.22. The number of hydrogen-bond acceptors (Lipinski definition) is 6. The predicted molar refractivity (Wildman–Crippen MR) is 112 cm³/mol. The zero-order valence-corrected chi connectivity index (χ0v) is 17.0. The van der Waals surface area contributed by atoms with Crippen LogP contribution in [-0.2, 0) is 0 Å². The van der Waals surface area contributed by atoms with Gasteiger partial charge in [-0.25, -0.2) is 9.37 Å². The van der Waals surface area contributed by atoms with Crippen molar-refractivity contribution in [1.29, 1.82) is 0 Å². The zero-order valence-electron chi connectivity index (χ0n) is 16.2. The molecule has 1 aliphatic rings. The van der Waals surface area contributed by atoms with Crippen molar-refractivity contribution < 1.29 is 18.7 Å². The molecule has 1 heterocycles. The zero-order chi connectivity index (χ0) is 20.4. The Morgan fingerprint density at radius 2 is 1.86 bits per heavy atom. The van der Waals surface area contributed by atoms with Gasteiger partial charge in [0.25, 0.3) is 5.91 Å². The topological polar surface area (TPSA) is 72.5 Å². The van der Waals surface area contributed by atoms with Gasteiger partial charge in [-0.2, -0.15) is 0 Å². The monoisotopic (exact) mass is 415 g/mol. The summed E-state index contributed by atoms with van der Waals surface area (Å²) in [5, 5.41) is 7.26. The number of carbonyl (C=O) groups excluding carboxylic acids is 1. The third-order valence-electron chi connectivity index (χ3n) is 5.15. The summed E-state index contributed by atoms with van der Waals surface area (Å²) in [5.74, 6) is 0.408. The first-order valence-corrected chi connectivity index (χ1v) is 10.2. The number of aromatic nitrogens is 1. The van der Waals surface area contributed by atoms with Gasteiger partial charge in [0, 0.05) is 18.2 Å². The number of ether oxygens (including phenoxy) is 2. The Bertz CT molecular complexity index is 1020. The number of hydrogen-bond donors (Lipinski definition) is 2. The lowest BCUT2D eigenvalue weighted by Crippen LogP contribution is -2.43. The fraction of sp³-hybridized carbons (Fsp3) is 0.333. The minimum absolute atomic E-state index is 0.0464. The van der Waals surface area contributed by atoms with E-state index in [1.165, 1.54) is 37.7 Å². The molecule has 6 nitrogen and oxygen atoms in total. The molecule has 4 rings (SSSR count). The van der Waals surface area contributed by atoms with E-state index in [4.69, 9.17) is 9.47 Å². The van der Waals surface area contributed by atoms with Crippen LogP contribution in [0.4, 0.5) is 9.52 Å². The molecule has 1 amide bonds. The first-order chi connectivity index (χ1) is 14.1. The molecule has 0 unspecified atom stereocenters. The molecule has 0 saturated heterocycles. The van der Waals surface area contributed by atoms with E-state index in [1.54, 1.807) is 24.3 Å². The van der Waals surface area contributed by atoms with Crippen LogP contribution >= 0.6 is 11.3 Å². The van der Waals surface area contributed by atoms with Gasteiger partial charge in [0.1, 0.15) is 22.9 Å². The number of halogens is 1. The Morgan fingerprint density at radius 1 is 1.14 bits per heavy atom. The summed E-state index contributed by atoms with van der Waals surface area (Å²) in [5.41, 5.74) is 1.02. The summed E-state index contributed by atoms with van der Waals surface area (Å²) in [4.78, 5) is 17.5. The van der Waals surface area contributed by atoms with Gasteiger partial charge in [-0.3, -0.25) is 4.79 Å². The Balaban J connectivity index is 1.51. The molecule has 1 saturated carbocycles. The molecule has 29 heavy (non-hydrogen) atoms. The highest BCUT2D eigenvalue weighted by Gasteiger charge is 2.31. The Labute approximate surface area is 172 Å². The summed E-state index contributed by atoms with van der Waals surface area (Å²) in [6, 6.07) is 9.85. The van der Waals surface area contributed by atoms with E-state index in [1.807, 2.05) is 0 Å². The number of fused-ring (bicyclic) bond motifs is 1. The van der Waals surface area contributed by atoms with Gasteiger partial charge in [-0.05, 0) is 43.5 Å². The van der Waals surface area contributed by atoms with Gasteiger partial charge >= 0.3 is 0 Å². The van der Waals surface area contributed by atoms with Gasteiger partial charge < -0.3 is 20.1 Å². The average Bonchev–Trinajstić information content (AvgIpc) is 3.33. The molecule has 152 valence electrons. The first kappa shape index (κ1) is 19.4. The number of thiazole rings is 1. The highest BCUT2D eigenvalue weighted by Crippen LogP contribution is 2.32. The van der Waals surface area contributed by atoms with Gasteiger partial charge in [0.05, 0.1) is 24.4 Å². The summed E-state index contributed by atoms with van der Waals surface area (Å²) >= 11 is 1.48. The maximum Gasteiger partial charge on any atom is 0.259 e. The van der Waals surface area contributed by atoms with Crippen LogP contribution in [0.3, 0.4) is 0 Å². The van der Waals surface area contributed by atoms with E-state index in [9.17, 15) is 9.18 Å². The van der Waals surface area contributed by atoms with Crippen molar-refractivity contribution in [3.8, 4) is 11.5 Å². The first-order valence-electron chi connectivity index (χ1n) is 9.43. The van der Waals surface area contributed by atoms with Crippen LogP contribution in [0.15, 0.2) is 36.4 Å². The van der Waals surface area contributed by atoms with Gasteiger partial charge in [-0.15, -0.1) is 0 Å². The molecular weight excluding hydrogens is 393 g/mol. The largest absolute Gasteiger partial charge is 0.496 e. The highest BCUT2D eigenvalue weighted by atomic mass is 32.1. The molecule has 0 spiro atoms. The normalized spacial score (nSPS) is 18.6. The second-order valence-corrected chi connectivity index (χ2v) is 7.96. The molecule has 8 heteroatoms. The van der Waals surface area contributed by atoms with Crippen molar-refractivity contribution in [2.45, 2.75) is 31.3 Å². The SMILES string of the molecule is COc1cccc(OC)c1C(=O)N[C@@H]1CCC[C@@H]1Nc1nc2cc(F)ccc2s1. The molecule has 3 aromatic rings. The van der Waals surface area contributed by atoms with Crippen LogP contribution in [0.25, 0.3) is 10.2 Å². The van der Waals surface area contributed by atoms with Gasteiger partial charge in [0.2, 0.25) is 0 Å². The summed E-state index contributed by atoms with van der Waals surface area (Å²) in [6.07, 6.45) is 2.77. The number of nitrogens with one attached hydrogen (secondary N) is 2. The van der Waals surface area contributed by atoms with E-state index < -0.39 is 0 Å². The lowest BCUT2D eigenvalue weighted by atomic mass is 10.1. The standard InChI is InChI=1S/C21H22FN3O3S/c1-27-16-7-4-8-17(28-2)19(16)20(26)23-13-5-3-6-14(13)24-21-25-15-11-12(22)9-10-18(15)29-21/h4,7-11,13-14H,3,5-6H2,1-2H3,(H,23,26)(H,24,25)/t13-,14+/m1/s1. The van der Waals surface area contributed by atoms with E-state index in [0.29, 0.717) is 22.6 Å².